The van der Waals surface area contributed by atoms with E-state index in [4.69, 9.17) is 10.4 Å². The van der Waals surface area contributed by atoms with Gasteiger partial charge in [-0.15, -0.1) is 0 Å². The van der Waals surface area contributed by atoms with Crippen molar-refractivity contribution < 1.29 is 19.2 Å². The molecule has 0 bridgehead atoms. The summed E-state index contributed by atoms with van der Waals surface area (Å²) in [5, 5.41) is 28.6. The van der Waals surface area contributed by atoms with Crippen molar-refractivity contribution in [3.8, 4) is 17.2 Å². The van der Waals surface area contributed by atoms with Gasteiger partial charge in [-0.25, -0.2) is 9.18 Å². The number of nitro benzene ring substituents is 1. The van der Waals surface area contributed by atoms with Gasteiger partial charge in [0.2, 0.25) is 0 Å². The van der Waals surface area contributed by atoms with E-state index in [1.54, 1.807) is 0 Å². The van der Waals surface area contributed by atoms with Crippen molar-refractivity contribution in [1.29, 1.82) is 5.26 Å². The molecule has 104 valence electrons. The number of carbonyl (C=O) groups is 1. The van der Waals surface area contributed by atoms with Crippen LogP contribution < -0.4 is 0 Å². The number of hydrogen-bond acceptors (Lipinski definition) is 4. The molecule has 0 atom stereocenters. The molecular weight excluding hydrogens is 279 g/mol. The first-order chi connectivity index (χ1) is 9.93. The lowest BCUT2D eigenvalue weighted by atomic mass is 10.00. The highest BCUT2D eigenvalue weighted by Gasteiger charge is 2.21. The first-order valence-corrected chi connectivity index (χ1v) is 5.66. The Kier molecular flexibility index (Phi) is 3.63. The normalized spacial score (nSPS) is 9.90. The third kappa shape index (κ3) is 2.69. The Morgan fingerprint density at radius 2 is 2.00 bits per heavy atom. The smallest absolute Gasteiger partial charge is 0.342 e. The van der Waals surface area contributed by atoms with E-state index in [9.17, 15) is 19.3 Å². The summed E-state index contributed by atoms with van der Waals surface area (Å²) in [6, 6.07) is 8.70. The molecule has 0 fully saturated rings. The SMILES string of the molecule is N#Cc1ccc(F)c(-c2ccc(C(=O)O)c([N+](=O)[O-])c2)c1. The van der Waals surface area contributed by atoms with Crippen molar-refractivity contribution in [3.63, 3.8) is 0 Å². The van der Waals surface area contributed by atoms with Crippen LogP contribution >= 0.6 is 0 Å². The lowest BCUT2D eigenvalue weighted by Crippen LogP contribution is -2.02. The van der Waals surface area contributed by atoms with Crippen LogP contribution in [0.2, 0.25) is 0 Å². The van der Waals surface area contributed by atoms with E-state index in [1.807, 2.05) is 6.07 Å². The molecule has 0 aliphatic rings. The van der Waals surface area contributed by atoms with E-state index >= 15 is 0 Å². The molecule has 2 aromatic rings. The fraction of sp³-hybridized carbons (Fsp3) is 0. The Bertz CT molecular complexity index is 796. The number of nitro groups is 1. The largest absolute Gasteiger partial charge is 0.477 e. The Balaban J connectivity index is 2.66. The summed E-state index contributed by atoms with van der Waals surface area (Å²) in [5.41, 5.74) is -0.811. The van der Waals surface area contributed by atoms with E-state index in [1.165, 1.54) is 18.2 Å². The molecule has 0 heterocycles. The Hall–Kier alpha value is -3.27. The average Bonchev–Trinajstić information content (AvgIpc) is 2.47. The summed E-state index contributed by atoms with van der Waals surface area (Å²) in [6.07, 6.45) is 0. The zero-order chi connectivity index (χ0) is 15.6. The molecule has 0 radical (unpaired) electrons. The summed E-state index contributed by atoms with van der Waals surface area (Å²) >= 11 is 0. The zero-order valence-corrected chi connectivity index (χ0v) is 10.4. The molecule has 0 saturated heterocycles. The van der Waals surface area contributed by atoms with Gasteiger partial charge in [-0.05, 0) is 29.8 Å². The lowest BCUT2D eigenvalue weighted by Gasteiger charge is -2.05. The fourth-order valence-corrected chi connectivity index (χ4v) is 1.85. The van der Waals surface area contributed by atoms with Crippen LogP contribution in [0.25, 0.3) is 11.1 Å². The second-order valence-electron chi connectivity index (χ2n) is 4.10. The molecule has 7 heteroatoms. The van der Waals surface area contributed by atoms with Crippen molar-refractivity contribution in [3.05, 3.63) is 63.5 Å². The Morgan fingerprint density at radius 3 is 2.57 bits per heavy atom. The number of benzene rings is 2. The van der Waals surface area contributed by atoms with Gasteiger partial charge in [0.25, 0.3) is 5.69 Å². The molecule has 2 rings (SSSR count). The van der Waals surface area contributed by atoms with Gasteiger partial charge in [0.05, 0.1) is 16.6 Å². The number of carboxylic acids is 1. The number of nitrogens with zero attached hydrogens (tertiary/aromatic N) is 2. The molecule has 1 N–H and O–H groups in total. The lowest BCUT2D eigenvalue weighted by molar-refractivity contribution is -0.385. The van der Waals surface area contributed by atoms with Crippen molar-refractivity contribution in [2.75, 3.05) is 0 Å². The maximum Gasteiger partial charge on any atom is 0.342 e. The molecule has 0 amide bonds. The van der Waals surface area contributed by atoms with Crippen LogP contribution in [0.3, 0.4) is 0 Å². The number of aromatic carboxylic acids is 1. The van der Waals surface area contributed by atoms with Crippen LogP contribution in [0.4, 0.5) is 10.1 Å². The molecule has 0 aliphatic carbocycles. The number of carboxylic acid groups (broad SMARTS) is 1. The van der Waals surface area contributed by atoms with Crippen LogP contribution in [0.1, 0.15) is 15.9 Å². The monoisotopic (exact) mass is 286 g/mol. The summed E-state index contributed by atoms with van der Waals surface area (Å²) < 4.78 is 13.8. The van der Waals surface area contributed by atoms with Crippen LogP contribution in [0, 0.1) is 27.3 Å². The van der Waals surface area contributed by atoms with Crippen molar-refractivity contribution in [2.24, 2.45) is 0 Å². The third-order valence-corrected chi connectivity index (χ3v) is 2.83. The summed E-state index contributed by atoms with van der Waals surface area (Å²) in [6.45, 7) is 0. The standard InChI is InChI=1S/C14H7FN2O4/c15-12-4-1-8(7-16)5-11(12)9-2-3-10(14(18)19)13(6-9)17(20)21/h1-6H,(H,18,19). The number of hydrogen-bond donors (Lipinski definition) is 1. The summed E-state index contributed by atoms with van der Waals surface area (Å²) in [5.74, 6) is -2.11. The molecule has 0 aliphatic heterocycles. The molecule has 0 spiro atoms. The Labute approximate surface area is 117 Å². The van der Waals surface area contributed by atoms with Crippen LogP contribution in [0.15, 0.2) is 36.4 Å². The second-order valence-corrected chi connectivity index (χ2v) is 4.10. The highest BCUT2D eigenvalue weighted by Crippen LogP contribution is 2.29. The third-order valence-electron chi connectivity index (χ3n) is 2.83. The molecule has 21 heavy (non-hydrogen) atoms. The molecule has 6 nitrogen and oxygen atoms in total. The van der Waals surface area contributed by atoms with E-state index < -0.39 is 28.0 Å². The topological polar surface area (TPSA) is 104 Å². The maximum atomic E-state index is 13.8. The maximum absolute atomic E-state index is 13.8. The predicted octanol–water partition coefficient (Wildman–Crippen LogP) is 2.97. The minimum Gasteiger partial charge on any atom is -0.477 e. The van der Waals surface area contributed by atoms with Gasteiger partial charge < -0.3 is 5.11 Å². The fourth-order valence-electron chi connectivity index (χ4n) is 1.85. The molecule has 0 aromatic heterocycles. The van der Waals surface area contributed by atoms with Gasteiger partial charge in [0.1, 0.15) is 11.4 Å². The molecule has 2 aromatic carbocycles. The molecular formula is C14H7FN2O4. The van der Waals surface area contributed by atoms with Crippen LogP contribution in [-0.4, -0.2) is 16.0 Å². The average molecular weight is 286 g/mol. The van der Waals surface area contributed by atoms with E-state index in [0.717, 1.165) is 18.2 Å². The Morgan fingerprint density at radius 1 is 1.29 bits per heavy atom. The van der Waals surface area contributed by atoms with Crippen LogP contribution in [-0.2, 0) is 0 Å². The van der Waals surface area contributed by atoms with Gasteiger partial charge in [0.15, 0.2) is 0 Å². The van der Waals surface area contributed by atoms with E-state index in [-0.39, 0.29) is 16.7 Å². The van der Waals surface area contributed by atoms with Crippen molar-refractivity contribution >= 4 is 11.7 Å². The first-order valence-electron chi connectivity index (χ1n) is 5.66. The van der Waals surface area contributed by atoms with Gasteiger partial charge in [0, 0.05) is 11.6 Å². The molecule has 0 unspecified atom stereocenters. The quantitative estimate of drug-likeness (QED) is 0.689. The minimum atomic E-state index is -1.44. The zero-order valence-electron chi connectivity index (χ0n) is 10.4. The number of rotatable bonds is 3. The van der Waals surface area contributed by atoms with Crippen molar-refractivity contribution in [1.82, 2.24) is 0 Å². The van der Waals surface area contributed by atoms with E-state index in [2.05, 4.69) is 0 Å². The van der Waals surface area contributed by atoms with Crippen molar-refractivity contribution in [2.45, 2.75) is 0 Å². The van der Waals surface area contributed by atoms with Gasteiger partial charge in [-0.3, -0.25) is 10.1 Å². The van der Waals surface area contributed by atoms with Crippen LogP contribution in [0.5, 0.6) is 0 Å². The first kappa shape index (κ1) is 14.1. The van der Waals surface area contributed by atoms with Gasteiger partial charge >= 0.3 is 5.97 Å². The summed E-state index contributed by atoms with van der Waals surface area (Å²) in [4.78, 5) is 21.0. The highest BCUT2D eigenvalue weighted by molar-refractivity contribution is 5.93. The number of nitriles is 1. The van der Waals surface area contributed by atoms with Gasteiger partial charge in [-0.1, -0.05) is 6.07 Å². The number of halogens is 1. The molecule has 0 saturated carbocycles. The minimum absolute atomic E-state index is 0.00547. The van der Waals surface area contributed by atoms with Gasteiger partial charge in [-0.2, -0.15) is 5.26 Å². The summed E-state index contributed by atoms with van der Waals surface area (Å²) in [7, 11) is 0. The van der Waals surface area contributed by atoms with E-state index in [0.29, 0.717) is 0 Å². The highest BCUT2D eigenvalue weighted by atomic mass is 19.1. The predicted molar refractivity (Wildman–Crippen MR) is 70.2 cm³/mol. The second kappa shape index (κ2) is 5.38.